The minimum Gasteiger partial charge on any atom is -0.473 e. The number of thiazole rings is 1. The lowest BCUT2D eigenvalue weighted by molar-refractivity contribution is 0.112. The fourth-order valence-corrected chi connectivity index (χ4v) is 2.16. The molecule has 0 aromatic carbocycles. The minimum atomic E-state index is 0.475. The summed E-state index contributed by atoms with van der Waals surface area (Å²) in [7, 11) is 1.53. The van der Waals surface area contributed by atoms with Crippen molar-refractivity contribution in [1.29, 1.82) is 0 Å². The summed E-state index contributed by atoms with van der Waals surface area (Å²) in [4.78, 5) is 20.0. The molecule has 2 aromatic rings. The molecule has 0 radical (unpaired) electrons. The van der Waals surface area contributed by atoms with Gasteiger partial charge in [-0.3, -0.25) is 9.36 Å². The van der Waals surface area contributed by atoms with E-state index in [0.29, 0.717) is 15.9 Å². The highest BCUT2D eigenvalue weighted by molar-refractivity contribution is 7.15. The zero-order valence-electron chi connectivity index (χ0n) is 9.22. The van der Waals surface area contributed by atoms with Gasteiger partial charge in [-0.25, -0.2) is 4.98 Å². The molecular weight excluding hydrogens is 226 g/mol. The second-order valence-electron chi connectivity index (χ2n) is 3.29. The van der Waals surface area contributed by atoms with Crippen molar-refractivity contribution in [1.82, 2.24) is 14.5 Å². The maximum absolute atomic E-state index is 10.9. The van der Waals surface area contributed by atoms with E-state index >= 15 is 0 Å². The van der Waals surface area contributed by atoms with Crippen molar-refractivity contribution < 1.29 is 9.53 Å². The van der Waals surface area contributed by atoms with Gasteiger partial charge in [0.2, 0.25) is 0 Å². The third-order valence-corrected chi connectivity index (χ3v) is 3.06. The summed E-state index contributed by atoms with van der Waals surface area (Å²) in [5.41, 5.74) is 0.890. The van der Waals surface area contributed by atoms with Crippen LogP contribution < -0.4 is 4.74 Å². The summed E-state index contributed by atoms with van der Waals surface area (Å²) >= 11 is 1.22. The Balaban J connectivity index is 2.58. The Kier molecular flexibility index (Phi) is 2.74. The van der Waals surface area contributed by atoms with Crippen molar-refractivity contribution >= 4 is 17.6 Å². The molecule has 2 heterocycles. The summed E-state index contributed by atoms with van der Waals surface area (Å²) in [6, 6.07) is 0. The summed E-state index contributed by atoms with van der Waals surface area (Å²) < 4.78 is 6.81. The van der Waals surface area contributed by atoms with Gasteiger partial charge in [0.1, 0.15) is 10.7 Å². The van der Waals surface area contributed by atoms with Gasteiger partial charge in [0.25, 0.3) is 5.19 Å². The summed E-state index contributed by atoms with van der Waals surface area (Å²) in [6.45, 7) is 3.76. The number of hydrogen-bond acceptors (Lipinski definition) is 5. The van der Waals surface area contributed by atoms with Crippen LogP contribution in [-0.2, 0) is 0 Å². The normalized spacial score (nSPS) is 10.4. The maximum Gasteiger partial charge on any atom is 0.275 e. The van der Waals surface area contributed by atoms with Gasteiger partial charge in [-0.1, -0.05) is 11.3 Å². The molecule has 2 aromatic heterocycles. The number of carbonyl (C=O) groups is 1. The van der Waals surface area contributed by atoms with E-state index < -0.39 is 0 Å². The maximum atomic E-state index is 10.9. The molecule has 0 unspecified atom stereocenters. The third-order valence-electron chi connectivity index (χ3n) is 2.13. The first kappa shape index (κ1) is 10.8. The highest BCUT2D eigenvalue weighted by Crippen LogP contribution is 2.26. The molecule has 0 aliphatic heterocycles. The van der Waals surface area contributed by atoms with Crippen molar-refractivity contribution in [2.45, 2.75) is 13.8 Å². The lowest BCUT2D eigenvalue weighted by atomic mass is 10.5. The lowest BCUT2D eigenvalue weighted by Gasteiger charge is -1.99. The number of aromatic nitrogens is 3. The molecule has 0 saturated heterocycles. The number of hydrogen-bond donors (Lipinski definition) is 0. The molecule has 16 heavy (non-hydrogen) atoms. The highest BCUT2D eigenvalue weighted by atomic mass is 32.1. The van der Waals surface area contributed by atoms with E-state index in [0.717, 1.165) is 17.8 Å². The van der Waals surface area contributed by atoms with E-state index in [1.807, 2.05) is 20.0 Å². The standard InChI is InChI=1S/C10H11N3O2S/c1-6-4-13(7(2)11-6)9-8(5-14)16-10(12-9)15-3/h4-5H,1-3H3. The van der Waals surface area contributed by atoms with Gasteiger partial charge < -0.3 is 4.74 Å². The van der Waals surface area contributed by atoms with Crippen LogP contribution in [0.3, 0.4) is 0 Å². The first-order valence-electron chi connectivity index (χ1n) is 4.68. The van der Waals surface area contributed by atoms with E-state index in [2.05, 4.69) is 9.97 Å². The SMILES string of the molecule is COc1nc(-n2cc(C)nc2C)c(C=O)s1. The van der Waals surface area contributed by atoms with Crippen LogP contribution >= 0.6 is 11.3 Å². The van der Waals surface area contributed by atoms with Gasteiger partial charge in [0.05, 0.1) is 12.8 Å². The quantitative estimate of drug-likeness (QED) is 0.763. The Hall–Kier alpha value is -1.69. The van der Waals surface area contributed by atoms with Crippen LogP contribution in [0.15, 0.2) is 6.20 Å². The second kappa shape index (κ2) is 4.05. The van der Waals surface area contributed by atoms with Crippen LogP contribution in [0, 0.1) is 13.8 Å². The molecule has 0 bridgehead atoms. The van der Waals surface area contributed by atoms with Crippen LogP contribution in [0.2, 0.25) is 0 Å². The zero-order valence-corrected chi connectivity index (χ0v) is 10.0. The van der Waals surface area contributed by atoms with E-state index in [-0.39, 0.29) is 0 Å². The van der Waals surface area contributed by atoms with Crippen molar-refractivity contribution in [3.8, 4) is 11.0 Å². The van der Waals surface area contributed by atoms with Crippen molar-refractivity contribution in [3.05, 3.63) is 22.6 Å². The van der Waals surface area contributed by atoms with Crippen LogP contribution in [0.1, 0.15) is 21.2 Å². The molecule has 0 N–H and O–H groups in total. The third kappa shape index (κ3) is 1.71. The van der Waals surface area contributed by atoms with Gasteiger partial charge >= 0.3 is 0 Å². The van der Waals surface area contributed by atoms with Crippen molar-refractivity contribution in [3.63, 3.8) is 0 Å². The first-order chi connectivity index (χ1) is 7.65. The second-order valence-corrected chi connectivity index (χ2v) is 4.28. The molecule has 2 rings (SSSR count). The largest absolute Gasteiger partial charge is 0.473 e. The number of carbonyl (C=O) groups excluding carboxylic acids is 1. The van der Waals surface area contributed by atoms with Gasteiger partial charge in [0.15, 0.2) is 12.1 Å². The van der Waals surface area contributed by atoms with E-state index in [4.69, 9.17) is 4.74 Å². The fraction of sp³-hybridized carbons (Fsp3) is 0.300. The Morgan fingerprint density at radius 2 is 2.19 bits per heavy atom. The van der Waals surface area contributed by atoms with E-state index in [9.17, 15) is 4.79 Å². The highest BCUT2D eigenvalue weighted by Gasteiger charge is 2.14. The number of rotatable bonds is 3. The predicted octanol–water partition coefficient (Wildman–Crippen LogP) is 1.77. The van der Waals surface area contributed by atoms with Gasteiger partial charge in [0, 0.05) is 6.20 Å². The molecule has 5 nitrogen and oxygen atoms in total. The smallest absolute Gasteiger partial charge is 0.275 e. The molecule has 0 saturated carbocycles. The predicted molar refractivity (Wildman–Crippen MR) is 60.6 cm³/mol. The number of nitrogens with zero attached hydrogens (tertiary/aromatic N) is 3. The van der Waals surface area contributed by atoms with Crippen molar-refractivity contribution in [2.24, 2.45) is 0 Å². The number of aldehydes is 1. The zero-order chi connectivity index (χ0) is 11.7. The molecule has 0 aliphatic carbocycles. The molecule has 0 atom stereocenters. The number of ether oxygens (including phenoxy) is 1. The Morgan fingerprint density at radius 1 is 1.44 bits per heavy atom. The summed E-state index contributed by atoms with van der Waals surface area (Å²) in [6.07, 6.45) is 2.63. The van der Waals surface area contributed by atoms with Crippen LogP contribution in [0.4, 0.5) is 0 Å². The average Bonchev–Trinajstić information content (AvgIpc) is 2.81. The minimum absolute atomic E-state index is 0.475. The molecule has 84 valence electrons. The number of aryl methyl sites for hydroxylation is 2. The van der Waals surface area contributed by atoms with Gasteiger partial charge in [-0.2, -0.15) is 4.98 Å². The number of methoxy groups -OCH3 is 1. The van der Waals surface area contributed by atoms with E-state index in [1.165, 1.54) is 18.4 Å². The van der Waals surface area contributed by atoms with Crippen LogP contribution in [0.5, 0.6) is 5.19 Å². The van der Waals surface area contributed by atoms with Crippen molar-refractivity contribution in [2.75, 3.05) is 7.11 Å². The lowest BCUT2D eigenvalue weighted by Crippen LogP contribution is -1.99. The van der Waals surface area contributed by atoms with Gasteiger partial charge in [-0.05, 0) is 13.8 Å². The molecule has 6 heteroatoms. The summed E-state index contributed by atoms with van der Waals surface area (Å²) in [5, 5.41) is 0.475. The molecule has 0 fully saturated rings. The molecule has 0 aliphatic rings. The number of imidazole rings is 1. The average molecular weight is 237 g/mol. The summed E-state index contributed by atoms with van der Waals surface area (Å²) in [5.74, 6) is 1.38. The monoisotopic (exact) mass is 237 g/mol. The molecular formula is C10H11N3O2S. The topological polar surface area (TPSA) is 57.0 Å². The van der Waals surface area contributed by atoms with E-state index in [1.54, 1.807) is 4.57 Å². The molecule has 0 spiro atoms. The molecule has 0 amide bonds. The van der Waals surface area contributed by atoms with Crippen LogP contribution in [-0.4, -0.2) is 27.9 Å². The van der Waals surface area contributed by atoms with Crippen LogP contribution in [0.25, 0.3) is 5.82 Å². The van der Waals surface area contributed by atoms with Gasteiger partial charge in [-0.15, -0.1) is 0 Å². The Morgan fingerprint density at radius 3 is 2.69 bits per heavy atom. The Labute approximate surface area is 96.7 Å². The first-order valence-corrected chi connectivity index (χ1v) is 5.50. The Bertz CT molecular complexity index is 530. The fourth-order valence-electron chi connectivity index (χ4n) is 1.47.